The van der Waals surface area contributed by atoms with Gasteiger partial charge >= 0.3 is 0 Å². The first kappa shape index (κ1) is 15.7. The van der Waals surface area contributed by atoms with Crippen molar-refractivity contribution in [2.45, 2.75) is 12.1 Å². The summed E-state index contributed by atoms with van der Waals surface area (Å²) in [5.41, 5.74) is 2.52. The maximum Gasteiger partial charge on any atom is 0.0515 e. The fourth-order valence-electron chi connectivity index (χ4n) is 2.39. The number of hydrogen-bond donors (Lipinski definition) is 2. The summed E-state index contributed by atoms with van der Waals surface area (Å²) >= 11 is 6.96. The Labute approximate surface area is 137 Å². The molecule has 0 radical (unpaired) electrons. The van der Waals surface area contributed by atoms with E-state index < -0.39 is 0 Å². The first-order chi connectivity index (χ1) is 9.65. The fraction of sp³-hybridized carbons (Fsp3) is 0.250. The number of halogens is 2. The van der Waals surface area contributed by atoms with Crippen molar-refractivity contribution in [3.05, 3.63) is 68.6 Å². The van der Waals surface area contributed by atoms with Crippen LogP contribution in [0.15, 0.2) is 57.5 Å². The Balaban J connectivity index is 2.32. The second-order valence-electron chi connectivity index (χ2n) is 4.64. The molecule has 2 N–H and O–H groups in total. The highest BCUT2D eigenvalue weighted by atomic mass is 79.9. The van der Waals surface area contributed by atoms with E-state index in [4.69, 9.17) is 0 Å². The van der Waals surface area contributed by atoms with E-state index in [-0.39, 0.29) is 12.1 Å². The molecule has 0 bridgehead atoms. The number of benzene rings is 2. The molecule has 2 unspecified atom stereocenters. The fourth-order valence-corrected chi connectivity index (χ4v) is 2.92. The molecule has 0 spiro atoms. The van der Waals surface area contributed by atoms with Gasteiger partial charge in [0.2, 0.25) is 0 Å². The highest BCUT2D eigenvalue weighted by Gasteiger charge is 2.21. The second kappa shape index (κ2) is 7.36. The number of hydrogen-bond acceptors (Lipinski definition) is 2. The zero-order valence-corrected chi connectivity index (χ0v) is 14.7. The van der Waals surface area contributed by atoms with Crippen molar-refractivity contribution in [1.29, 1.82) is 0 Å². The first-order valence-electron chi connectivity index (χ1n) is 6.51. The van der Waals surface area contributed by atoms with Crippen LogP contribution in [0, 0.1) is 0 Å². The van der Waals surface area contributed by atoms with Gasteiger partial charge in [0.05, 0.1) is 12.1 Å². The predicted octanol–water partition coefficient (Wildman–Crippen LogP) is 4.43. The minimum atomic E-state index is 0.217. The molecule has 0 aliphatic rings. The van der Waals surface area contributed by atoms with Crippen molar-refractivity contribution in [2.24, 2.45) is 0 Å². The van der Waals surface area contributed by atoms with Crippen molar-refractivity contribution in [1.82, 2.24) is 10.6 Å². The van der Waals surface area contributed by atoms with Gasteiger partial charge in [0.25, 0.3) is 0 Å². The molecular formula is C16H18Br2N2. The highest BCUT2D eigenvalue weighted by molar-refractivity contribution is 9.10. The minimum absolute atomic E-state index is 0.217. The highest BCUT2D eigenvalue weighted by Crippen LogP contribution is 2.29. The van der Waals surface area contributed by atoms with Gasteiger partial charge in [-0.05, 0) is 49.5 Å². The van der Waals surface area contributed by atoms with Crippen LogP contribution in [0.4, 0.5) is 0 Å². The van der Waals surface area contributed by atoms with Crippen LogP contribution in [0.5, 0.6) is 0 Å². The monoisotopic (exact) mass is 396 g/mol. The zero-order valence-electron chi connectivity index (χ0n) is 11.5. The minimum Gasteiger partial charge on any atom is -0.311 e. The Hall–Kier alpha value is -0.680. The van der Waals surface area contributed by atoms with Crippen LogP contribution in [0.2, 0.25) is 0 Å². The van der Waals surface area contributed by atoms with Crippen molar-refractivity contribution in [2.75, 3.05) is 14.1 Å². The number of likely N-dealkylation sites (N-methyl/N-ethyl adjacent to an activating group) is 2. The molecule has 2 rings (SSSR count). The van der Waals surface area contributed by atoms with Crippen molar-refractivity contribution < 1.29 is 0 Å². The molecule has 2 nitrogen and oxygen atoms in total. The average molecular weight is 398 g/mol. The molecule has 0 saturated carbocycles. The van der Waals surface area contributed by atoms with Gasteiger partial charge in [-0.2, -0.15) is 0 Å². The van der Waals surface area contributed by atoms with Crippen LogP contribution in [-0.4, -0.2) is 14.1 Å². The third-order valence-electron chi connectivity index (χ3n) is 3.41. The number of rotatable bonds is 5. The van der Waals surface area contributed by atoms with Gasteiger partial charge in [-0.3, -0.25) is 0 Å². The largest absolute Gasteiger partial charge is 0.311 e. The molecule has 20 heavy (non-hydrogen) atoms. The molecule has 2 aromatic carbocycles. The quantitative estimate of drug-likeness (QED) is 0.779. The summed E-state index contributed by atoms with van der Waals surface area (Å²) in [5.74, 6) is 0. The molecule has 4 heteroatoms. The third kappa shape index (κ3) is 3.70. The summed E-state index contributed by atoms with van der Waals surface area (Å²) in [6.07, 6.45) is 0. The van der Waals surface area contributed by atoms with Crippen LogP contribution in [0.1, 0.15) is 23.2 Å². The Kier molecular flexibility index (Phi) is 5.78. The summed E-state index contributed by atoms with van der Waals surface area (Å²) in [5, 5.41) is 6.82. The van der Waals surface area contributed by atoms with Gasteiger partial charge < -0.3 is 10.6 Å². The summed E-state index contributed by atoms with van der Waals surface area (Å²) in [7, 11) is 3.99. The molecular weight excluding hydrogens is 380 g/mol. The van der Waals surface area contributed by atoms with Crippen LogP contribution in [0.25, 0.3) is 0 Å². The van der Waals surface area contributed by atoms with E-state index in [1.54, 1.807) is 0 Å². The molecule has 106 valence electrons. The van der Waals surface area contributed by atoms with Gasteiger partial charge in [-0.1, -0.05) is 56.1 Å². The van der Waals surface area contributed by atoms with E-state index in [0.717, 1.165) is 8.95 Å². The van der Waals surface area contributed by atoms with Gasteiger partial charge in [-0.15, -0.1) is 0 Å². The Bertz CT molecular complexity index is 486. The Morgan fingerprint density at radius 1 is 0.650 bits per heavy atom. The average Bonchev–Trinajstić information content (AvgIpc) is 2.47. The van der Waals surface area contributed by atoms with E-state index in [1.165, 1.54) is 11.1 Å². The summed E-state index contributed by atoms with van der Waals surface area (Å²) < 4.78 is 2.20. The summed E-state index contributed by atoms with van der Waals surface area (Å²) in [4.78, 5) is 0. The lowest BCUT2D eigenvalue weighted by Crippen LogP contribution is -2.31. The van der Waals surface area contributed by atoms with Crippen molar-refractivity contribution in [3.8, 4) is 0 Å². The van der Waals surface area contributed by atoms with Crippen molar-refractivity contribution >= 4 is 31.9 Å². The molecule has 0 saturated heterocycles. The van der Waals surface area contributed by atoms with Crippen molar-refractivity contribution in [3.63, 3.8) is 0 Å². The molecule has 0 heterocycles. The first-order valence-corrected chi connectivity index (χ1v) is 8.09. The van der Waals surface area contributed by atoms with Crippen LogP contribution < -0.4 is 10.6 Å². The molecule has 2 atom stereocenters. The molecule has 0 aliphatic carbocycles. The molecule has 0 fully saturated rings. The normalized spacial score (nSPS) is 14.0. The Morgan fingerprint density at radius 2 is 0.950 bits per heavy atom. The van der Waals surface area contributed by atoms with E-state index in [2.05, 4.69) is 91.0 Å². The smallest absolute Gasteiger partial charge is 0.0515 e. The van der Waals surface area contributed by atoms with Crippen LogP contribution in [-0.2, 0) is 0 Å². The lowest BCUT2D eigenvalue weighted by atomic mass is 9.93. The van der Waals surface area contributed by atoms with E-state index in [1.807, 2.05) is 14.1 Å². The predicted molar refractivity (Wildman–Crippen MR) is 91.9 cm³/mol. The Morgan fingerprint density at radius 3 is 1.20 bits per heavy atom. The van der Waals surface area contributed by atoms with E-state index in [9.17, 15) is 0 Å². The maximum atomic E-state index is 3.48. The van der Waals surface area contributed by atoms with E-state index >= 15 is 0 Å². The summed E-state index contributed by atoms with van der Waals surface area (Å²) in [6, 6.07) is 17.3. The number of nitrogens with one attached hydrogen (secondary N) is 2. The molecule has 0 aliphatic heterocycles. The SMILES string of the molecule is CNC(c1ccc(Br)cc1)C(NC)c1ccc(Br)cc1. The van der Waals surface area contributed by atoms with Crippen LogP contribution in [0.3, 0.4) is 0 Å². The van der Waals surface area contributed by atoms with Gasteiger partial charge in [0, 0.05) is 8.95 Å². The molecule has 0 amide bonds. The molecule has 0 aromatic heterocycles. The molecule has 2 aromatic rings. The summed E-state index contributed by atoms with van der Waals surface area (Å²) in [6.45, 7) is 0. The standard InChI is InChI=1S/C16H18Br2N2/c1-19-15(11-3-7-13(17)8-4-11)16(20-2)12-5-9-14(18)10-6-12/h3-10,15-16,19-20H,1-2H3. The lowest BCUT2D eigenvalue weighted by molar-refractivity contribution is 0.432. The lowest BCUT2D eigenvalue weighted by Gasteiger charge is -2.27. The van der Waals surface area contributed by atoms with E-state index in [0.29, 0.717) is 0 Å². The van der Waals surface area contributed by atoms with Crippen LogP contribution >= 0.6 is 31.9 Å². The maximum absolute atomic E-state index is 3.48. The zero-order chi connectivity index (χ0) is 14.5. The second-order valence-corrected chi connectivity index (χ2v) is 6.47. The third-order valence-corrected chi connectivity index (χ3v) is 4.47. The topological polar surface area (TPSA) is 24.1 Å². The van der Waals surface area contributed by atoms with Gasteiger partial charge in [0.15, 0.2) is 0 Å². The van der Waals surface area contributed by atoms with Gasteiger partial charge in [0.1, 0.15) is 0 Å². The van der Waals surface area contributed by atoms with Gasteiger partial charge in [-0.25, -0.2) is 0 Å².